The van der Waals surface area contributed by atoms with E-state index in [1.165, 1.54) is 0 Å². The number of allylic oxidation sites excluding steroid dienone is 1. The molecule has 0 amide bonds. The maximum absolute atomic E-state index is 12.4. The molecule has 0 rings (SSSR count). The van der Waals surface area contributed by atoms with E-state index in [1.54, 1.807) is 20.8 Å². The van der Waals surface area contributed by atoms with E-state index in [-0.39, 0.29) is 18.2 Å². The molecule has 0 fully saturated rings. The molecule has 0 aromatic carbocycles. The molecule has 0 aromatic rings. The Bertz CT molecular complexity index is 106. The molecule has 0 aliphatic rings. The Hall–Kier alpha value is -0.0800. The highest BCUT2D eigenvalue weighted by Crippen LogP contribution is 2.06. The third-order valence-electron chi connectivity index (χ3n) is 0.877. The summed E-state index contributed by atoms with van der Waals surface area (Å²) in [5.41, 5.74) is 5.87. The van der Waals surface area contributed by atoms with Crippen LogP contribution in [0.25, 0.3) is 0 Å². The van der Waals surface area contributed by atoms with Crippen LogP contribution in [0.1, 0.15) is 20.8 Å². The van der Waals surface area contributed by atoms with Crippen molar-refractivity contribution in [3.63, 3.8) is 0 Å². The standard InChI is InChI=1S/C6H12FN.ClH/c1-4(2)6(7)5(3)8;/h5H,8H2,1-3H3;1H/t5-;/m0./s1. The molecule has 0 spiro atoms. The maximum atomic E-state index is 12.4. The quantitative estimate of drug-likeness (QED) is 0.613. The molecule has 56 valence electrons. The second-order valence-electron chi connectivity index (χ2n) is 2.14. The average Bonchev–Trinajstić information content (AvgIpc) is 1.64. The van der Waals surface area contributed by atoms with Gasteiger partial charge in [-0.05, 0) is 26.3 Å². The molecule has 0 bridgehead atoms. The molecule has 3 heteroatoms. The maximum Gasteiger partial charge on any atom is 0.115 e. The van der Waals surface area contributed by atoms with Gasteiger partial charge in [-0.25, -0.2) is 4.39 Å². The Morgan fingerprint density at radius 3 is 1.78 bits per heavy atom. The Morgan fingerprint density at radius 2 is 1.78 bits per heavy atom. The molecule has 0 heterocycles. The fourth-order valence-corrected chi connectivity index (χ4v) is 0.455. The first-order valence-electron chi connectivity index (χ1n) is 2.64. The molecule has 2 N–H and O–H groups in total. The average molecular weight is 154 g/mol. The summed E-state index contributed by atoms with van der Waals surface area (Å²) in [7, 11) is 0. The lowest BCUT2D eigenvalue weighted by molar-refractivity contribution is 0.549. The van der Waals surface area contributed by atoms with Crippen LogP contribution in [-0.2, 0) is 0 Å². The molecule has 9 heavy (non-hydrogen) atoms. The first kappa shape index (κ1) is 11.7. The zero-order chi connectivity index (χ0) is 6.73. The van der Waals surface area contributed by atoms with Crippen molar-refractivity contribution in [2.45, 2.75) is 26.8 Å². The molecule has 0 unspecified atom stereocenters. The van der Waals surface area contributed by atoms with E-state index in [0.29, 0.717) is 5.57 Å². The van der Waals surface area contributed by atoms with Crippen LogP contribution in [0.5, 0.6) is 0 Å². The summed E-state index contributed by atoms with van der Waals surface area (Å²) in [5.74, 6) is -0.204. The van der Waals surface area contributed by atoms with Crippen molar-refractivity contribution in [2.24, 2.45) is 5.73 Å². The van der Waals surface area contributed by atoms with E-state index in [0.717, 1.165) is 0 Å². The van der Waals surface area contributed by atoms with Crippen LogP contribution < -0.4 is 5.73 Å². The van der Waals surface area contributed by atoms with Crippen LogP contribution in [-0.4, -0.2) is 6.04 Å². The molecule has 1 atom stereocenters. The highest BCUT2D eigenvalue weighted by Gasteiger charge is 2.01. The summed E-state index contributed by atoms with van der Waals surface area (Å²) in [6.07, 6.45) is 0. The molecular formula is C6H13ClFN. The number of halogens is 2. The Morgan fingerprint density at radius 1 is 1.44 bits per heavy atom. The highest BCUT2D eigenvalue weighted by molar-refractivity contribution is 5.85. The summed E-state index contributed by atoms with van der Waals surface area (Å²) in [6, 6.07) is -0.444. The highest BCUT2D eigenvalue weighted by atomic mass is 35.5. The monoisotopic (exact) mass is 153 g/mol. The molecule has 0 saturated heterocycles. The second-order valence-corrected chi connectivity index (χ2v) is 2.14. The first-order chi connectivity index (χ1) is 3.55. The van der Waals surface area contributed by atoms with Crippen LogP contribution in [0.3, 0.4) is 0 Å². The van der Waals surface area contributed by atoms with Gasteiger partial charge in [-0.1, -0.05) is 0 Å². The van der Waals surface area contributed by atoms with Gasteiger partial charge >= 0.3 is 0 Å². The predicted octanol–water partition coefficient (Wildman–Crippen LogP) is 2.02. The molecule has 0 saturated carbocycles. The van der Waals surface area contributed by atoms with Crippen molar-refractivity contribution in [3.8, 4) is 0 Å². The van der Waals surface area contributed by atoms with Gasteiger partial charge in [0, 0.05) is 0 Å². The Kier molecular flexibility index (Phi) is 6.19. The van der Waals surface area contributed by atoms with Gasteiger partial charge in [-0.15, -0.1) is 12.4 Å². The van der Waals surface area contributed by atoms with Gasteiger partial charge in [0.25, 0.3) is 0 Å². The van der Waals surface area contributed by atoms with Crippen LogP contribution in [0.4, 0.5) is 4.39 Å². The summed E-state index contributed by atoms with van der Waals surface area (Å²) in [4.78, 5) is 0. The molecule has 0 radical (unpaired) electrons. The van der Waals surface area contributed by atoms with E-state index < -0.39 is 6.04 Å². The SMILES string of the molecule is CC(C)=C(F)[C@H](C)N.Cl. The van der Waals surface area contributed by atoms with Crippen molar-refractivity contribution >= 4 is 12.4 Å². The number of hydrogen-bond donors (Lipinski definition) is 1. The smallest absolute Gasteiger partial charge is 0.115 e. The normalized spacial score (nSPS) is 11.7. The number of rotatable bonds is 1. The van der Waals surface area contributed by atoms with Gasteiger partial charge in [-0.2, -0.15) is 0 Å². The van der Waals surface area contributed by atoms with Gasteiger partial charge in [0.15, 0.2) is 0 Å². The number of nitrogens with two attached hydrogens (primary N) is 1. The van der Waals surface area contributed by atoms with E-state index in [2.05, 4.69) is 0 Å². The van der Waals surface area contributed by atoms with Crippen molar-refractivity contribution < 1.29 is 4.39 Å². The van der Waals surface area contributed by atoms with Crippen LogP contribution >= 0.6 is 12.4 Å². The lowest BCUT2D eigenvalue weighted by Gasteiger charge is -2.01. The molecular weight excluding hydrogens is 141 g/mol. The lowest BCUT2D eigenvalue weighted by Crippen LogP contribution is -2.15. The van der Waals surface area contributed by atoms with Crippen LogP contribution in [0.2, 0.25) is 0 Å². The summed E-state index contributed by atoms with van der Waals surface area (Å²) < 4.78 is 12.4. The first-order valence-corrected chi connectivity index (χ1v) is 2.64. The van der Waals surface area contributed by atoms with Gasteiger partial charge < -0.3 is 5.73 Å². The zero-order valence-corrected chi connectivity index (χ0v) is 6.76. The van der Waals surface area contributed by atoms with E-state index in [9.17, 15) is 4.39 Å². The molecule has 0 aliphatic heterocycles. The van der Waals surface area contributed by atoms with Gasteiger partial charge in [0.05, 0.1) is 6.04 Å². The zero-order valence-electron chi connectivity index (χ0n) is 5.94. The summed E-state index contributed by atoms with van der Waals surface area (Å²) in [5, 5.41) is 0. The van der Waals surface area contributed by atoms with Crippen molar-refractivity contribution in [1.82, 2.24) is 0 Å². The lowest BCUT2D eigenvalue weighted by atomic mass is 10.2. The van der Waals surface area contributed by atoms with Gasteiger partial charge in [-0.3, -0.25) is 0 Å². The topological polar surface area (TPSA) is 26.0 Å². The van der Waals surface area contributed by atoms with E-state index in [1.807, 2.05) is 0 Å². The molecule has 1 nitrogen and oxygen atoms in total. The Balaban J connectivity index is 0. The third-order valence-corrected chi connectivity index (χ3v) is 0.877. The number of hydrogen-bond acceptors (Lipinski definition) is 1. The van der Waals surface area contributed by atoms with Crippen molar-refractivity contribution in [1.29, 1.82) is 0 Å². The van der Waals surface area contributed by atoms with Crippen LogP contribution in [0.15, 0.2) is 11.4 Å². The van der Waals surface area contributed by atoms with Gasteiger partial charge in [0.2, 0.25) is 0 Å². The minimum Gasteiger partial charge on any atom is -0.322 e. The predicted molar refractivity (Wildman–Crippen MR) is 40.4 cm³/mol. The van der Waals surface area contributed by atoms with Crippen LogP contribution in [0, 0.1) is 0 Å². The van der Waals surface area contributed by atoms with Crippen molar-refractivity contribution in [2.75, 3.05) is 0 Å². The van der Waals surface area contributed by atoms with E-state index >= 15 is 0 Å². The fourth-order valence-electron chi connectivity index (χ4n) is 0.455. The minimum absolute atomic E-state index is 0. The minimum atomic E-state index is -0.444. The van der Waals surface area contributed by atoms with Crippen molar-refractivity contribution in [3.05, 3.63) is 11.4 Å². The summed E-state index contributed by atoms with van der Waals surface area (Å²) in [6.45, 7) is 5.04. The van der Waals surface area contributed by atoms with E-state index in [4.69, 9.17) is 5.73 Å². The fraction of sp³-hybridized carbons (Fsp3) is 0.667. The third kappa shape index (κ3) is 4.43. The largest absolute Gasteiger partial charge is 0.322 e. The Labute approximate surface area is 61.5 Å². The molecule has 0 aromatic heterocycles. The molecule has 0 aliphatic carbocycles. The van der Waals surface area contributed by atoms with Gasteiger partial charge in [0.1, 0.15) is 5.83 Å². The summed E-state index contributed by atoms with van der Waals surface area (Å²) >= 11 is 0. The second kappa shape index (κ2) is 4.77.